The normalized spacial score (nSPS) is 21.9. The van der Waals surface area contributed by atoms with Gasteiger partial charge in [0.25, 0.3) is 0 Å². The van der Waals surface area contributed by atoms with E-state index in [9.17, 15) is 0 Å². The van der Waals surface area contributed by atoms with E-state index in [4.69, 9.17) is 5.73 Å². The second-order valence-electron chi connectivity index (χ2n) is 5.89. The van der Waals surface area contributed by atoms with Gasteiger partial charge in [-0.1, -0.05) is 6.07 Å². The molecule has 100 valence electrons. The summed E-state index contributed by atoms with van der Waals surface area (Å²) in [5.41, 5.74) is 7.13. The van der Waals surface area contributed by atoms with Crippen LogP contribution in [0.2, 0.25) is 0 Å². The molecular weight excluding hydrogens is 224 g/mol. The van der Waals surface area contributed by atoms with Crippen LogP contribution >= 0.6 is 0 Å². The second-order valence-corrected chi connectivity index (χ2v) is 5.89. The molecule has 2 rings (SSSR count). The molecule has 4 nitrogen and oxygen atoms in total. The maximum absolute atomic E-state index is 5.84. The van der Waals surface area contributed by atoms with E-state index in [0.717, 1.165) is 31.0 Å². The van der Waals surface area contributed by atoms with E-state index < -0.39 is 0 Å². The molecular formula is C14H24N4. The van der Waals surface area contributed by atoms with Gasteiger partial charge in [-0.05, 0) is 39.4 Å². The first-order valence-corrected chi connectivity index (χ1v) is 6.58. The maximum atomic E-state index is 5.84. The van der Waals surface area contributed by atoms with Crippen molar-refractivity contribution in [3.8, 4) is 0 Å². The number of nitrogens with two attached hydrogens (primary N) is 1. The Morgan fingerprint density at radius 2 is 2.06 bits per heavy atom. The summed E-state index contributed by atoms with van der Waals surface area (Å²) in [6.07, 6.45) is 1.89. The molecule has 0 unspecified atom stereocenters. The summed E-state index contributed by atoms with van der Waals surface area (Å²) in [5, 5.41) is 0. The minimum atomic E-state index is 0.0514. The quantitative estimate of drug-likeness (QED) is 0.864. The second kappa shape index (κ2) is 4.86. The van der Waals surface area contributed by atoms with Crippen LogP contribution in [0.5, 0.6) is 0 Å². The Bertz CT molecular complexity index is 397. The van der Waals surface area contributed by atoms with Crippen molar-refractivity contribution in [1.82, 2.24) is 9.88 Å². The number of likely N-dealkylation sites (N-methyl/N-ethyl adjacent to an activating group) is 1. The van der Waals surface area contributed by atoms with Gasteiger partial charge in [0.15, 0.2) is 0 Å². The third-order valence-corrected chi connectivity index (χ3v) is 3.94. The highest BCUT2D eigenvalue weighted by atomic mass is 15.3. The first-order valence-electron chi connectivity index (χ1n) is 6.58. The first-order chi connectivity index (χ1) is 8.40. The van der Waals surface area contributed by atoms with Gasteiger partial charge in [0.2, 0.25) is 0 Å². The fourth-order valence-corrected chi connectivity index (χ4v) is 2.29. The van der Waals surface area contributed by atoms with Crippen molar-refractivity contribution in [3.05, 3.63) is 23.9 Å². The Balaban J connectivity index is 2.13. The Morgan fingerprint density at radius 3 is 2.56 bits per heavy atom. The maximum Gasteiger partial charge on any atom is 0.128 e. The summed E-state index contributed by atoms with van der Waals surface area (Å²) in [6.45, 7) is 9.64. The number of piperazine rings is 1. The van der Waals surface area contributed by atoms with Crippen molar-refractivity contribution < 1.29 is 0 Å². The van der Waals surface area contributed by atoms with E-state index in [1.165, 1.54) is 0 Å². The van der Waals surface area contributed by atoms with Crippen LogP contribution in [0.15, 0.2) is 18.3 Å². The minimum absolute atomic E-state index is 0.0514. The van der Waals surface area contributed by atoms with Crippen LogP contribution in [0, 0.1) is 0 Å². The molecule has 0 aliphatic carbocycles. The third-order valence-electron chi connectivity index (χ3n) is 3.94. The van der Waals surface area contributed by atoms with Crippen molar-refractivity contribution in [1.29, 1.82) is 0 Å². The molecule has 0 bridgehead atoms. The lowest BCUT2D eigenvalue weighted by Crippen LogP contribution is -2.57. The van der Waals surface area contributed by atoms with Gasteiger partial charge in [0, 0.05) is 37.4 Å². The summed E-state index contributed by atoms with van der Waals surface area (Å²) in [5.74, 6) is 1.06. The molecule has 1 aromatic heterocycles. The van der Waals surface area contributed by atoms with Gasteiger partial charge in [0.1, 0.15) is 5.82 Å². The summed E-state index contributed by atoms with van der Waals surface area (Å²) < 4.78 is 0. The van der Waals surface area contributed by atoms with Crippen LogP contribution in [-0.4, -0.2) is 42.1 Å². The average Bonchev–Trinajstić information content (AvgIpc) is 2.33. The summed E-state index contributed by atoms with van der Waals surface area (Å²) in [4.78, 5) is 9.30. The Morgan fingerprint density at radius 1 is 1.33 bits per heavy atom. The molecule has 1 aliphatic heterocycles. The van der Waals surface area contributed by atoms with Crippen LogP contribution < -0.4 is 10.6 Å². The van der Waals surface area contributed by atoms with Crippen molar-refractivity contribution in [3.63, 3.8) is 0 Å². The fourth-order valence-electron chi connectivity index (χ4n) is 2.29. The van der Waals surface area contributed by atoms with Crippen LogP contribution in [0.3, 0.4) is 0 Å². The number of pyridine rings is 1. The van der Waals surface area contributed by atoms with Crippen molar-refractivity contribution >= 4 is 5.82 Å². The van der Waals surface area contributed by atoms with E-state index in [0.29, 0.717) is 0 Å². The third kappa shape index (κ3) is 2.65. The zero-order chi connectivity index (χ0) is 13.3. The SMILES string of the molecule is C[C@H](N)c1ccc(N2CCN(C)C(C)(C)C2)nc1. The monoisotopic (exact) mass is 248 g/mol. The molecule has 0 aromatic carbocycles. The smallest absolute Gasteiger partial charge is 0.128 e. The molecule has 0 spiro atoms. The summed E-state index contributed by atoms with van der Waals surface area (Å²) in [7, 11) is 2.18. The van der Waals surface area contributed by atoms with Gasteiger partial charge in [-0.15, -0.1) is 0 Å². The van der Waals surface area contributed by atoms with E-state index in [1.807, 2.05) is 13.1 Å². The molecule has 1 fully saturated rings. The van der Waals surface area contributed by atoms with Crippen molar-refractivity contribution in [2.75, 3.05) is 31.6 Å². The molecule has 1 aliphatic rings. The molecule has 4 heteroatoms. The lowest BCUT2D eigenvalue weighted by Gasteiger charge is -2.45. The van der Waals surface area contributed by atoms with Gasteiger partial charge >= 0.3 is 0 Å². The minimum Gasteiger partial charge on any atom is -0.354 e. The van der Waals surface area contributed by atoms with Crippen LogP contribution in [0.1, 0.15) is 32.4 Å². The van der Waals surface area contributed by atoms with Crippen LogP contribution in [-0.2, 0) is 0 Å². The highest BCUT2D eigenvalue weighted by Crippen LogP contribution is 2.23. The van der Waals surface area contributed by atoms with Gasteiger partial charge in [-0.2, -0.15) is 0 Å². The summed E-state index contributed by atoms with van der Waals surface area (Å²) in [6, 6.07) is 4.22. The number of anilines is 1. The predicted molar refractivity (Wildman–Crippen MR) is 75.8 cm³/mol. The van der Waals surface area contributed by atoms with Gasteiger partial charge in [-0.3, -0.25) is 4.90 Å². The number of nitrogens with zero attached hydrogens (tertiary/aromatic N) is 3. The molecule has 0 saturated carbocycles. The standard InChI is InChI=1S/C14H24N4/c1-11(15)12-5-6-13(16-9-12)18-8-7-17(4)14(2,3)10-18/h5-6,9,11H,7-8,10,15H2,1-4H3/t11-/m0/s1. The number of aromatic nitrogens is 1. The Hall–Kier alpha value is -1.13. The molecule has 0 amide bonds. The van der Waals surface area contributed by atoms with Crippen LogP contribution in [0.4, 0.5) is 5.82 Å². The van der Waals surface area contributed by atoms with Gasteiger partial charge in [0.05, 0.1) is 0 Å². The van der Waals surface area contributed by atoms with E-state index in [1.54, 1.807) is 0 Å². The zero-order valence-electron chi connectivity index (χ0n) is 11.8. The number of rotatable bonds is 2. The fraction of sp³-hybridized carbons (Fsp3) is 0.643. The average molecular weight is 248 g/mol. The van der Waals surface area contributed by atoms with E-state index >= 15 is 0 Å². The van der Waals surface area contributed by atoms with Crippen molar-refractivity contribution in [2.45, 2.75) is 32.4 Å². The predicted octanol–water partition coefficient (Wildman–Crippen LogP) is 1.63. The molecule has 18 heavy (non-hydrogen) atoms. The number of hydrogen-bond donors (Lipinski definition) is 1. The topological polar surface area (TPSA) is 45.4 Å². The van der Waals surface area contributed by atoms with E-state index in [-0.39, 0.29) is 11.6 Å². The Labute approximate surface area is 110 Å². The zero-order valence-corrected chi connectivity index (χ0v) is 11.8. The highest BCUT2D eigenvalue weighted by Gasteiger charge is 2.31. The molecule has 0 radical (unpaired) electrons. The molecule has 1 saturated heterocycles. The highest BCUT2D eigenvalue weighted by molar-refractivity contribution is 5.41. The van der Waals surface area contributed by atoms with Crippen molar-refractivity contribution in [2.24, 2.45) is 5.73 Å². The van der Waals surface area contributed by atoms with Crippen LogP contribution in [0.25, 0.3) is 0 Å². The van der Waals surface area contributed by atoms with Gasteiger partial charge in [-0.25, -0.2) is 4.98 Å². The lowest BCUT2D eigenvalue weighted by atomic mass is 10.00. The van der Waals surface area contributed by atoms with E-state index in [2.05, 4.69) is 47.8 Å². The Kier molecular flexibility index (Phi) is 3.59. The summed E-state index contributed by atoms with van der Waals surface area (Å²) >= 11 is 0. The number of hydrogen-bond acceptors (Lipinski definition) is 4. The molecule has 2 N–H and O–H groups in total. The largest absolute Gasteiger partial charge is 0.354 e. The lowest BCUT2D eigenvalue weighted by molar-refractivity contribution is 0.138. The molecule has 1 aromatic rings. The first kappa shape index (κ1) is 13.3. The molecule has 1 atom stereocenters. The van der Waals surface area contributed by atoms with Gasteiger partial charge < -0.3 is 10.6 Å². The molecule has 2 heterocycles.